The van der Waals surface area contributed by atoms with Gasteiger partial charge in [0, 0.05) is 45.9 Å². The predicted octanol–water partition coefficient (Wildman–Crippen LogP) is 11.6. The quantitative estimate of drug-likeness (QED) is 0.208. The topological polar surface area (TPSA) is 3.24 Å². The highest BCUT2D eigenvalue weighted by atomic mass is 32.1. The van der Waals surface area contributed by atoms with Gasteiger partial charge in [0.05, 0.1) is 48.6 Å². The summed E-state index contributed by atoms with van der Waals surface area (Å²) >= 11 is 1.25. The number of para-hydroxylation sites is 1. The van der Waals surface area contributed by atoms with Crippen molar-refractivity contribution in [2.45, 2.75) is 0 Å². The second-order valence-corrected chi connectivity index (χ2v) is 10.1. The van der Waals surface area contributed by atoms with Gasteiger partial charge in [-0.1, -0.05) is 96.7 Å². The molecule has 0 saturated carbocycles. The normalized spacial score (nSPS) is 19.8. The Morgan fingerprint density at radius 2 is 0.872 bits per heavy atom. The first-order chi connectivity index (χ1) is 28.9. The van der Waals surface area contributed by atoms with Crippen LogP contribution in [-0.4, -0.2) is 0 Å². The van der Waals surface area contributed by atoms with Crippen LogP contribution in [0.25, 0.3) is 51.5 Å². The molecule has 0 atom stereocenters. The van der Waals surface area contributed by atoms with E-state index in [0.29, 0.717) is 22.7 Å². The zero-order valence-corrected chi connectivity index (χ0v) is 20.9. The summed E-state index contributed by atoms with van der Waals surface area (Å²) in [7, 11) is 0. The summed E-state index contributed by atoms with van der Waals surface area (Å²) in [4.78, 5) is 0.735. The van der Waals surface area contributed by atoms with Crippen LogP contribution in [0, 0.1) is 0 Å². The molecule has 0 bridgehead atoms. The molecule has 3 heteroatoms. The van der Waals surface area contributed by atoms with E-state index in [4.69, 9.17) is 26.0 Å². The van der Waals surface area contributed by atoms with Gasteiger partial charge in [-0.05, 0) is 47.9 Å². The fourth-order valence-electron chi connectivity index (χ4n) is 4.39. The van der Waals surface area contributed by atoms with Gasteiger partial charge in [-0.3, -0.25) is 0 Å². The molecule has 0 spiro atoms. The highest BCUT2D eigenvalue weighted by Crippen LogP contribution is 2.50. The maximum Gasteiger partial charge on any atom is 0.0645 e. The average molecular weight is 557 g/mol. The largest absolute Gasteiger partial charge is 0.309 e. The minimum absolute atomic E-state index is 0.180. The Kier molecular flexibility index (Phi) is 2.18. The maximum atomic E-state index is 9.54. The predicted molar refractivity (Wildman–Crippen MR) is 172 cm³/mol. The minimum Gasteiger partial charge on any atom is -0.309 e. The van der Waals surface area contributed by atoms with Gasteiger partial charge >= 0.3 is 0 Å². The summed E-state index contributed by atoms with van der Waals surface area (Å²) in [6.45, 7) is 0. The van der Waals surface area contributed by atoms with E-state index in [0.717, 1.165) is 4.90 Å². The monoisotopic (exact) mass is 556 g/mol. The first kappa shape index (κ1) is 9.34. The van der Waals surface area contributed by atoms with Crippen molar-refractivity contribution in [3.63, 3.8) is 0 Å². The third-order valence-electron chi connectivity index (χ3n) is 5.94. The molecule has 0 unspecified atom stereocenters. The van der Waals surface area contributed by atoms with Crippen molar-refractivity contribution in [2.24, 2.45) is 0 Å². The van der Waals surface area contributed by atoms with Crippen molar-refractivity contribution in [1.82, 2.24) is 0 Å². The van der Waals surface area contributed by atoms with E-state index in [1.165, 1.54) is 0 Å². The van der Waals surface area contributed by atoms with Crippen LogP contribution in [0.3, 0.4) is 0 Å². The molecule has 0 fully saturated rings. The third-order valence-corrected chi connectivity index (χ3v) is 7.99. The molecule has 39 heavy (non-hydrogen) atoms. The fraction of sp³-hybridized carbons (Fsp3) is 0. The van der Waals surface area contributed by atoms with Crippen LogP contribution < -0.4 is 4.90 Å². The van der Waals surface area contributed by atoms with Crippen LogP contribution >= 0.6 is 22.7 Å². The lowest BCUT2D eigenvalue weighted by Gasteiger charge is -2.29. The van der Waals surface area contributed by atoms with Gasteiger partial charge in [0.25, 0.3) is 0 Å². The third kappa shape index (κ3) is 3.59. The number of nitrogens with zero attached hydrogens (tertiary/aromatic N) is 1. The minimum atomic E-state index is -1.06. The Morgan fingerprint density at radius 1 is 0.410 bits per heavy atom. The summed E-state index contributed by atoms with van der Waals surface area (Å²) in [5.74, 6) is 0. The molecule has 0 aliphatic carbocycles. The van der Waals surface area contributed by atoms with Crippen LogP contribution in [0.15, 0.2) is 139 Å². The summed E-state index contributed by atoms with van der Waals surface area (Å²) in [5, 5.41) is -1.46. The molecule has 0 N–H and O–H groups in total. The molecule has 184 valence electrons. The maximum absolute atomic E-state index is 9.54. The summed E-state index contributed by atoms with van der Waals surface area (Å²) in [5.41, 5.74) is -3.94. The lowest BCUT2D eigenvalue weighted by atomic mass is 10.00. The number of anilines is 3. The standard InChI is InChI=1S/C36H23NS2/c1-2-12-24(13-3-1)25-14-4-7-17-28(25)37(29-18-10-22-33-35(29)26-15-5-8-20-31(26)38-33)30-19-11-23-34-36(30)27-16-6-9-21-32(27)39-34/h1-23H/i1D,2D,3D,4D,5D,6D,7D,8D,9D,10D,11D,12D,13D,14D,15D,16D,17D,18D,19D,20D,21D,22D,23D. The molecule has 2 aromatic heterocycles. The lowest BCUT2D eigenvalue weighted by molar-refractivity contribution is 1.32. The second-order valence-electron chi connectivity index (χ2n) is 8.03. The summed E-state index contributed by atoms with van der Waals surface area (Å²) in [6.07, 6.45) is 0. The van der Waals surface area contributed by atoms with Gasteiger partial charge in [0.1, 0.15) is 0 Å². The smallest absolute Gasteiger partial charge is 0.0645 e. The van der Waals surface area contributed by atoms with Gasteiger partial charge in [0.15, 0.2) is 0 Å². The Hall–Kier alpha value is -4.44. The molecule has 6 aromatic carbocycles. The molecule has 0 saturated heterocycles. The van der Waals surface area contributed by atoms with E-state index in [-0.39, 0.29) is 29.6 Å². The van der Waals surface area contributed by atoms with Crippen molar-refractivity contribution in [3.8, 4) is 11.1 Å². The van der Waals surface area contributed by atoms with Crippen molar-refractivity contribution in [3.05, 3.63) is 139 Å². The summed E-state index contributed by atoms with van der Waals surface area (Å²) < 4.78 is 203. The number of thiophene rings is 2. The SMILES string of the molecule is [2H]c1c([2H])c([2H])c(-c2c([2H])c([2H])c([2H])c([2H])c2N(c2c([2H])c([2H])c([2H])c3sc4c([2H])c([2H])c([2H])c([2H])c4c23)c2c([2H])c([2H])c([2H])c3sc4c([2H])c([2H])c([2H])c([2H])c4c23)c([2H])c1[2H]. The molecule has 0 radical (unpaired) electrons. The molecule has 1 nitrogen and oxygen atoms in total. The number of fused-ring (bicyclic) bond motifs is 6. The van der Waals surface area contributed by atoms with E-state index >= 15 is 0 Å². The Bertz CT molecular complexity index is 3230. The molecule has 8 rings (SSSR count). The highest BCUT2D eigenvalue weighted by Gasteiger charge is 2.23. The lowest BCUT2D eigenvalue weighted by Crippen LogP contribution is -2.12. The van der Waals surface area contributed by atoms with E-state index in [1.54, 1.807) is 0 Å². The van der Waals surface area contributed by atoms with Gasteiger partial charge in [0.2, 0.25) is 0 Å². The molecule has 2 heterocycles. The van der Waals surface area contributed by atoms with E-state index in [1.807, 2.05) is 0 Å². The van der Waals surface area contributed by atoms with Crippen LogP contribution in [0.4, 0.5) is 17.1 Å². The van der Waals surface area contributed by atoms with Gasteiger partial charge in [-0.25, -0.2) is 0 Å². The molecule has 8 aromatic rings. The molecule has 0 aliphatic heterocycles. The van der Waals surface area contributed by atoms with Crippen LogP contribution in [0.2, 0.25) is 0 Å². The molecule has 0 amide bonds. The Labute approximate surface area is 267 Å². The van der Waals surface area contributed by atoms with E-state index < -0.39 is 178 Å². The fourth-order valence-corrected chi connectivity index (χ4v) is 6.32. The van der Waals surface area contributed by atoms with Gasteiger partial charge in [-0.15, -0.1) is 22.7 Å². The van der Waals surface area contributed by atoms with Crippen LogP contribution in [0.1, 0.15) is 31.5 Å². The average Bonchev–Trinajstić information content (AvgIpc) is 3.85. The Morgan fingerprint density at radius 3 is 1.49 bits per heavy atom. The van der Waals surface area contributed by atoms with E-state index in [2.05, 4.69) is 0 Å². The van der Waals surface area contributed by atoms with Gasteiger partial charge in [-0.2, -0.15) is 0 Å². The van der Waals surface area contributed by atoms with E-state index in [9.17, 15) is 5.48 Å². The van der Waals surface area contributed by atoms with Crippen LogP contribution in [0.5, 0.6) is 0 Å². The number of hydrogen-bond acceptors (Lipinski definition) is 3. The van der Waals surface area contributed by atoms with Gasteiger partial charge < -0.3 is 4.90 Å². The summed E-state index contributed by atoms with van der Waals surface area (Å²) in [6, 6.07) is -19.2. The number of rotatable bonds is 4. The zero-order chi connectivity index (χ0) is 45.8. The van der Waals surface area contributed by atoms with Crippen molar-refractivity contribution in [2.75, 3.05) is 4.90 Å². The molecular formula is C36H23NS2. The molecular weight excluding hydrogens is 511 g/mol. The second kappa shape index (κ2) is 9.09. The number of hydrogen-bond donors (Lipinski definition) is 0. The van der Waals surface area contributed by atoms with Crippen molar-refractivity contribution in [1.29, 1.82) is 0 Å². The molecule has 0 aliphatic rings. The highest BCUT2D eigenvalue weighted by molar-refractivity contribution is 7.26. The first-order valence-electron chi connectivity index (χ1n) is 22.7. The Balaban J connectivity index is 1.79. The van der Waals surface area contributed by atoms with Crippen molar-refractivity contribution < 1.29 is 31.5 Å². The first-order valence-corrected chi connectivity index (χ1v) is 12.9. The zero-order valence-electron chi connectivity index (χ0n) is 42.3. The van der Waals surface area contributed by atoms with Crippen molar-refractivity contribution >= 4 is 80.1 Å². The van der Waals surface area contributed by atoms with Crippen LogP contribution in [-0.2, 0) is 0 Å². The number of benzene rings is 6.